The van der Waals surface area contributed by atoms with Gasteiger partial charge in [0.25, 0.3) is 0 Å². The molecule has 1 atom stereocenters. The lowest BCUT2D eigenvalue weighted by Crippen LogP contribution is -2.48. The van der Waals surface area contributed by atoms with Crippen LogP contribution in [-0.2, 0) is 9.47 Å². The molecule has 0 amide bonds. The molecule has 3 rings (SSSR count). The number of aromatic nitrogens is 1. The zero-order valence-corrected chi connectivity index (χ0v) is 12.4. The van der Waals surface area contributed by atoms with E-state index in [9.17, 15) is 0 Å². The van der Waals surface area contributed by atoms with Crippen LogP contribution >= 0.6 is 0 Å². The summed E-state index contributed by atoms with van der Waals surface area (Å²) in [4.78, 5) is 4.52. The van der Waals surface area contributed by atoms with Crippen LogP contribution in [0.2, 0.25) is 0 Å². The highest BCUT2D eigenvalue weighted by Gasteiger charge is 2.40. The Bertz CT molecular complexity index is 598. The Labute approximate surface area is 125 Å². The van der Waals surface area contributed by atoms with Gasteiger partial charge in [0.05, 0.1) is 17.2 Å². The SMILES string of the molecule is CCOC1(C(N)c2cccc3cccnc23)CCOCC1. The highest BCUT2D eigenvalue weighted by Crippen LogP contribution is 2.38. The number of nitrogens with zero attached hydrogens (tertiary/aromatic N) is 1. The fourth-order valence-corrected chi connectivity index (χ4v) is 3.21. The molecule has 0 aliphatic carbocycles. The maximum atomic E-state index is 6.64. The molecule has 4 nitrogen and oxygen atoms in total. The van der Waals surface area contributed by atoms with Gasteiger partial charge in [-0.3, -0.25) is 4.98 Å². The first-order chi connectivity index (χ1) is 10.3. The maximum absolute atomic E-state index is 6.64. The van der Waals surface area contributed by atoms with E-state index in [1.54, 1.807) is 0 Å². The molecular formula is C17H22N2O2. The Morgan fingerprint density at radius 3 is 2.81 bits per heavy atom. The summed E-state index contributed by atoms with van der Waals surface area (Å²) in [5.41, 5.74) is 8.32. The summed E-state index contributed by atoms with van der Waals surface area (Å²) in [6, 6.07) is 9.99. The number of rotatable bonds is 4. The fraction of sp³-hybridized carbons (Fsp3) is 0.471. The summed E-state index contributed by atoms with van der Waals surface area (Å²) >= 11 is 0. The molecule has 0 bridgehead atoms. The van der Waals surface area contributed by atoms with Gasteiger partial charge in [-0.2, -0.15) is 0 Å². The standard InChI is InChI=1S/C17H22N2O2/c1-2-21-17(8-11-20-12-9-17)16(18)14-7-3-5-13-6-4-10-19-15(13)14/h3-7,10,16H,2,8-9,11-12,18H2,1H3. The third-order valence-corrected chi connectivity index (χ3v) is 4.34. The molecule has 2 N–H and O–H groups in total. The summed E-state index contributed by atoms with van der Waals surface area (Å²) in [5, 5.41) is 1.11. The zero-order valence-electron chi connectivity index (χ0n) is 12.4. The van der Waals surface area contributed by atoms with Crippen LogP contribution in [0.4, 0.5) is 0 Å². The minimum atomic E-state index is -0.348. The first-order valence-corrected chi connectivity index (χ1v) is 7.58. The molecular weight excluding hydrogens is 264 g/mol. The minimum Gasteiger partial charge on any atom is -0.381 e. The molecule has 1 aliphatic heterocycles. The lowest BCUT2D eigenvalue weighted by atomic mass is 9.82. The fourth-order valence-electron chi connectivity index (χ4n) is 3.21. The molecule has 1 saturated heterocycles. The molecule has 1 aromatic heterocycles. The van der Waals surface area contributed by atoms with E-state index >= 15 is 0 Å². The molecule has 1 fully saturated rings. The van der Waals surface area contributed by atoms with E-state index in [0.717, 1.165) is 29.3 Å². The van der Waals surface area contributed by atoms with Gasteiger partial charge in [-0.15, -0.1) is 0 Å². The topological polar surface area (TPSA) is 57.4 Å². The van der Waals surface area contributed by atoms with Gasteiger partial charge in [-0.25, -0.2) is 0 Å². The summed E-state index contributed by atoms with van der Waals surface area (Å²) in [6.07, 6.45) is 3.46. The monoisotopic (exact) mass is 286 g/mol. The molecule has 2 heterocycles. The van der Waals surface area contributed by atoms with Gasteiger partial charge < -0.3 is 15.2 Å². The van der Waals surface area contributed by atoms with Gasteiger partial charge in [0.1, 0.15) is 0 Å². The highest BCUT2D eigenvalue weighted by molar-refractivity contribution is 5.82. The van der Waals surface area contributed by atoms with Crippen LogP contribution in [-0.4, -0.2) is 30.4 Å². The molecule has 2 aromatic rings. The van der Waals surface area contributed by atoms with E-state index in [4.69, 9.17) is 15.2 Å². The zero-order chi connectivity index (χ0) is 14.7. The second-order valence-electron chi connectivity index (χ2n) is 5.51. The Morgan fingerprint density at radius 1 is 1.29 bits per heavy atom. The Kier molecular flexibility index (Phi) is 4.19. The summed E-state index contributed by atoms with van der Waals surface area (Å²) < 4.78 is 11.6. The van der Waals surface area contributed by atoms with Gasteiger partial charge in [-0.1, -0.05) is 24.3 Å². The van der Waals surface area contributed by atoms with Crippen molar-refractivity contribution in [3.8, 4) is 0 Å². The molecule has 0 spiro atoms. The van der Waals surface area contributed by atoms with E-state index in [2.05, 4.69) is 23.2 Å². The van der Waals surface area contributed by atoms with Gasteiger partial charge in [0.2, 0.25) is 0 Å². The van der Waals surface area contributed by atoms with Crippen molar-refractivity contribution in [1.82, 2.24) is 4.98 Å². The number of hydrogen-bond acceptors (Lipinski definition) is 4. The molecule has 21 heavy (non-hydrogen) atoms. The van der Waals surface area contributed by atoms with Crippen LogP contribution < -0.4 is 5.73 Å². The van der Waals surface area contributed by atoms with Crippen LogP contribution in [0.15, 0.2) is 36.5 Å². The number of pyridine rings is 1. The summed E-state index contributed by atoms with van der Waals surface area (Å²) in [5.74, 6) is 0. The maximum Gasteiger partial charge on any atom is 0.0918 e. The molecule has 1 aliphatic rings. The number of hydrogen-bond donors (Lipinski definition) is 1. The first kappa shape index (κ1) is 14.4. The minimum absolute atomic E-state index is 0.194. The van der Waals surface area contributed by atoms with Gasteiger partial charge in [-0.05, 0) is 18.6 Å². The second kappa shape index (κ2) is 6.10. The Hall–Kier alpha value is -1.49. The smallest absolute Gasteiger partial charge is 0.0918 e. The molecule has 0 saturated carbocycles. The van der Waals surface area contributed by atoms with Crippen molar-refractivity contribution < 1.29 is 9.47 Å². The molecule has 1 unspecified atom stereocenters. The first-order valence-electron chi connectivity index (χ1n) is 7.58. The number of ether oxygens (including phenoxy) is 2. The van der Waals surface area contributed by atoms with Crippen molar-refractivity contribution in [2.24, 2.45) is 5.73 Å². The van der Waals surface area contributed by atoms with Crippen molar-refractivity contribution in [2.45, 2.75) is 31.4 Å². The summed E-state index contributed by atoms with van der Waals surface area (Å²) in [6.45, 7) is 4.08. The predicted octanol–water partition coefficient (Wildman–Crippen LogP) is 2.82. The van der Waals surface area contributed by atoms with Crippen molar-refractivity contribution in [3.63, 3.8) is 0 Å². The van der Waals surface area contributed by atoms with E-state index in [-0.39, 0.29) is 11.6 Å². The van der Waals surface area contributed by atoms with E-state index < -0.39 is 0 Å². The van der Waals surface area contributed by atoms with Gasteiger partial charge >= 0.3 is 0 Å². The van der Waals surface area contributed by atoms with Crippen LogP contribution in [0.3, 0.4) is 0 Å². The van der Waals surface area contributed by atoms with Crippen LogP contribution in [0.1, 0.15) is 31.4 Å². The van der Waals surface area contributed by atoms with Crippen molar-refractivity contribution in [1.29, 1.82) is 0 Å². The van der Waals surface area contributed by atoms with E-state index in [1.165, 1.54) is 0 Å². The highest BCUT2D eigenvalue weighted by atomic mass is 16.5. The Morgan fingerprint density at radius 2 is 2.05 bits per heavy atom. The quantitative estimate of drug-likeness (QED) is 0.939. The molecule has 112 valence electrons. The van der Waals surface area contributed by atoms with Crippen molar-refractivity contribution in [3.05, 3.63) is 42.1 Å². The normalized spacial score (nSPS) is 19.5. The van der Waals surface area contributed by atoms with Crippen LogP contribution in [0.25, 0.3) is 10.9 Å². The average Bonchev–Trinajstić information content (AvgIpc) is 2.55. The third kappa shape index (κ3) is 2.67. The van der Waals surface area contributed by atoms with Crippen LogP contribution in [0.5, 0.6) is 0 Å². The molecule has 4 heteroatoms. The predicted molar refractivity (Wildman–Crippen MR) is 83.1 cm³/mol. The number of fused-ring (bicyclic) bond motifs is 1. The van der Waals surface area contributed by atoms with E-state index in [0.29, 0.717) is 19.8 Å². The Balaban J connectivity index is 2.03. The van der Waals surface area contributed by atoms with Crippen molar-refractivity contribution >= 4 is 10.9 Å². The van der Waals surface area contributed by atoms with Crippen LogP contribution in [0, 0.1) is 0 Å². The van der Waals surface area contributed by atoms with Gasteiger partial charge in [0, 0.05) is 44.2 Å². The molecule has 0 radical (unpaired) electrons. The summed E-state index contributed by atoms with van der Waals surface area (Å²) in [7, 11) is 0. The lowest BCUT2D eigenvalue weighted by Gasteiger charge is -2.41. The van der Waals surface area contributed by atoms with Crippen molar-refractivity contribution in [2.75, 3.05) is 19.8 Å². The number of para-hydroxylation sites is 1. The van der Waals surface area contributed by atoms with E-state index in [1.807, 2.05) is 25.3 Å². The lowest BCUT2D eigenvalue weighted by molar-refractivity contribution is -0.121. The number of benzene rings is 1. The average molecular weight is 286 g/mol. The number of nitrogens with two attached hydrogens (primary N) is 1. The second-order valence-corrected chi connectivity index (χ2v) is 5.51. The third-order valence-electron chi connectivity index (χ3n) is 4.34. The van der Waals surface area contributed by atoms with Gasteiger partial charge in [0.15, 0.2) is 0 Å². The molecule has 1 aromatic carbocycles. The largest absolute Gasteiger partial charge is 0.381 e.